The van der Waals surface area contributed by atoms with Crippen molar-refractivity contribution >= 4 is 17.3 Å². The van der Waals surface area contributed by atoms with Gasteiger partial charge in [0.1, 0.15) is 12.4 Å². The molecule has 3 aromatic rings. The highest BCUT2D eigenvalue weighted by Crippen LogP contribution is 2.21. The van der Waals surface area contributed by atoms with E-state index in [1.54, 1.807) is 0 Å². The van der Waals surface area contributed by atoms with E-state index in [9.17, 15) is 28.5 Å². The standard InChI is InChI=1S/C16H10F2N4O5/c17-10-3-1-9(2-4-10)15-20-21(16(24)27-15)8-14(23)19-11-5-6-12(18)13(7-11)22(25)26/h1-7H,8H2,(H,19,23). The molecule has 0 atom stereocenters. The largest absolute Gasteiger partial charge is 0.437 e. The van der Waals surface area contributed by atoms with E-state index in [4.69, 9.17) is 4.42 Å². The molecule has 1 heterocycles. The summed E-state index contributed by atoms with van der Waals surface area (Å²) in [4.78, 5) is 33.6. The number of aromatic nitrogens is 2. The van der Waals surface area contributed by atoms with Crippen molar-refractivity contribution in [2.24, 2.45) is 0 Å². The highest BCUT2D eigenvalue weighted by atomic mass is 19.1. The topological polar surface area (TPSA) is 120 Å². The first-order valence-electron chi connectivity index (χ1n) is 7.41. The van der Waals surface area contributed by atoms with Gasteiger partial charge in [0.25, 0.3) is 0 Å². The van der Waals surface area contributed by atoms with Crippen LogP contribution in [-0.4, -0.2) is 20.6 Å². The van der Waals surface area contributed by atoms with Crippen LogP contribution in [0.5, 0.6) is 0 Å². The molecule has 1 N–H and O–H groups in total. The van der Waals surface area contributed by atoms with E-state index in [-0.39, 0.29) is 11.6 Å². The summed E-state index contributed by atoms with van der Waals surface area (Å²) in [5, 5.41) is 16.8. The van der Waals surface area contributed by atoms with Crippen LogP contribution in [-0.2, 0) is 11.3 Å². The van der Waals surface area contributed by atoms with Crippen LogP contribution in [0.2, 0.25) is 0 Å². The van der Waals surface area contributed by atoms with Gasteiger partial charge in [0.2, 0.25) is 17.6 Å². The molecule has 0 fully saturated rings. The minimum absolute atomic E-state index is 0.0246. The van der Waals surface area contributed by atoms with E-state index in [1.165, 1.54) is 12.1 Å². The van der Waals surface area contributed by atoms with Crippen molar-refractivity contribution in [1.82, 2.24) is 9.78 Å². The van der Waals surface area contributed by atoms with Crippen molar-refractivity contribution in [3.05, 3.63) is 74.8 Å². The number of halogens is 2. The number of carbonyl (C=O) groups excluding carboxylic acids is 1. The predicted octanol–water partition coefficient (Wildman–Crippen LogP) is 2.33. The number of rotatable bonds is 5. The van der Waals surface area contributed by atoms with Gasteiger partial charge in [-0.25, -0.2) is 9.18 Å². The molecular formula is C16H10F2N4O5. The number of amides is 1. The maximum absolute atomic E-state index is 13.3. The number of carbonyl (C=O) groups is 1. The molecule has 1 aromatic heterocycles. The van der Waals surface area contributed by atoms with Gasteiger partial charge in [0.05, 0.1) is 4.92 Å². The fraction of sp³-hybridized carbons (Fsp3) is 0.0625. The van der Waals surface area contributed by atoms with E-state index < -0.39 is 40.5 Å². The van der Waals surface area contributed by atoms with Crippen molar-refractivity contribution in [3.63, 3.8) is 0 Å². The van der Waals surface area contributed by atoms with Crippen LogP contribution in [0.1, 0.15) is 0 Å². The van der Waals surface area contributed by atoms with E-state index in [0.717, 1.165) is 35.0 Å². The van der Waals surface area contributed by atoms with E-state index >= 15 is 0 Å². The van der Waals surface area contributed by atoms with Crippen LogP contribution in [0, 0.1) is 21.7 Å². The Kier molecular flexibility index (Phi) is 4.75. The Hall–Kier alpha value is -3.89. The summed E-state index contributed by atoms with van der Waals surface area (Å²) in [6, 6.07) is 7.83. The Morgan fingerprint density at radius 3 is 2.59 bits per heavy atom. The van der Waals surface area contributed by atoms with Crippen molar-refractivity contribution < 1.29 is 22.9 Å². The molecule has 11 heteroatoms. The summed E-state index contributed by atoms with van der Waals surface area (Å²) >= 11 is 0. The fourth-order valence-electron chi connectivity index (χ4n) is 2.18. The zero-order valence-corrected chi connectivity index (χ0v) is 13.4. The average Bonchev–Trinajstić information content (AvgIpc) is 2.97. The first-order valence-corrected chi connectivity index (χ1v) is 7.41. The lowest BCUT2D eigenvalue weighted by atomic mass is 10.2. The zero-order chi connectivity index (χ0) is 19.6. The second kappa shape index (κ2) is 7.15. The molecule has 138 valence electrons. The number of hydrogen-bond donors (Lipinski definition) is 1. The second-order valence-electron chi connectivity index (χ2n) is 5.31. The van der Waals surface area contributed by atoms with Gasteiger partial charge >= 0.3 is 11.4 Å². The summed E-state index contributed by atoms with van der Waals surface area (Å²) in [5.74, 6) is -3.29. The Morgan fingerprint density at radius 2 is 1.93 bits per heavy atom. The van der Waals surface area contributed by atoms with Crippen molar-refractivity contribution in [2.75, 3.05) is 5.32 Å². The van der Waals surface area contributed by atoms with E-state index in [1.807, 2.05) is 0 Å². The first-order chi connectivity index (χ1) is 12.8. The van der Waals surface area contributed by atoms with Crippen molar-refractivity contribution in [2.45, 2.75) is 6.54 Å². The van der Waals surface area contributed by atoms with Crippen LogP contribution in [0.4, 0.5) is 20.2 Å². The molecule has 3 rings (SSSR count). The number of benzene rings is 2. The third-order valence-corrected chi connectivity index (χ3v) is 3.42. The van der Waals surface area contributed by atoms with Crippen molar-refractivity contribution in [3.8, 4) is 11.5 Å². The zero-order valence-electron chi connectivity index (χ0n) is 13.4. The Bertz CT molecular complexity index is 1080. The molecule has 0 radical (unpaired) electrons. The average molecular weight is 376 g/mol. The minimum Gasteiger partial charge on any atom is -0.388 e. The van der Waals surface area contributed by atoms with Crippen LogP contribution < -0.4 is 11.1 Å². The number of nitrogens with zero attached hydrogens (tertiary/aromatic N) is 3. The van der Waals surface area contributed by atoms with Gasteiger partial charge in [-0.05, 0) is 36.4 Å². The van der Waals surface area contributed by atoms with Gasteiger partial charge in [0, 0.05) is 17.3 Å². The third-order valence-electron chi connectivity index (χ3n) is 3.42. The molecule has 9 nitrogen and oxygen atoms in total. The third kappa shape index (κ3) is 4.03. The quantitative estimate of drug-likeness (QED) is 0.539. The molecular weight excluding hydrogens is 366 g/mol. The highest BCUT2D eigenvalue weighted by molar-refractivity contribution is 5.90. The summed E-state index contributed by atoms with van der Waals surface area (Å²) in [5.41, 5.74) is -0.491. The smallest absolute Gasteiger partial charge is 0.388 e. The normalized spacial score (nSPS) is 10.6. The number of nitro groups is 1. The summed E-state index contributed by atoms with van der Waals surface area (Å²) in [6.45, 7) is -0.547. The molecule has 0 saturated heterocycles. The Labute approximate surface area is 149 Å². The molecule has 0 saturated carbocycles. The van der Waals surface area contributed by atoms with Crippen LogP contribution in [0.15, 0.2) is 51.7 Å². The maximum Gasteiger partial charge on any atom is 0.437 e. The number of nitro benzene ring substituents is 1. The van der Waals surface area contributed by atoms with Gasteiger partial charge in [0.15, 0.2) is 0 Å². The molecule has 27 heavy (non-hydrogen) atoms. The molecule has 0 spiro atoms. The molecule has 0 aliphatic carbocycles. The van der Waals surface area contributed by atoms with Gasteiger partial charge in [-0.1, -0.05) is 0 Å². The first kappa shape index (κ1) is 17.9. The van der Waals surface area contributed by atoms with Crippen LogP contribution >= 0.6 is 0 Å². The molecule has 2 aromatic carbocycles. The van der Waals surface area contributed by atoms with Crippen LogP contribution in [0.25, 0.3) is 11.5 Å². The molecule has 0 unspecified atom stereocenters. The fourth-order valence-corrected chi connectivity index (χ4v) is 2.18. The van der Waals surface area contributed by atoms with E-state index in [0.29, 0.717) is 5.56 Å². The Balaban J connectivity index is 1.75. The summed E-state index contributed by atoms with van der Waals surface area (Å²) in [7, 11) is 0. The number of hydrogen-bond acceptors (Lipinski definition) is 6. The minimum atomic E-state index is -1.05. The molecule has 0 aliphatic heterocycles. The number of anilines is 1. The highest BCUT2D eigenvalue weighted by Gasteiger charge is 2.17. The second-order valence-corrected chi connectivity index (χ2v) is 5.31. The summed E-state index contributed by atoms with van der Waals surface area (Å²) in [6.07, 6.45) is 0. The predicted molar refractivity (Wildman–Crippen MR) is 87.8 cm³/mol. The maximum atomic E-state index is 13.3. The molecule has 0 aliphatic rings. The van der Waals surface area contributed by atoms with E-state index in [2.05, 4.69) is 10.4 Å². The lowest BCUT2D eigenvalue weighted by molar-refractivity contribution is -0.387. The van der Waals surface area contributed by atoms with Crippen molar-refractivity contribution in [1.29, 1.82) is 0 Å². The SMILES string of the molecule is O=C(Cn1nc(-c2ccc(F)cc2)oc1=O)Nc1ccc(F)c([N+](=O)[O-])c1. The van der Waals surface area contributed by atoms with Gasteiger partial charge < -0.3 is 9.73 Å². The van der Waals surface area contributed by atoms with Gasteiger partial charge in [-0.2, -0.15) is 9.07 Å². The van der Waals surface area contributed by atoms with Crippen LogP contribution in [0.3, 0.4) is 0 Å². The monoisotopic (exact) mass is 376 g/mol. The number of nitrogens with one attached hydrogen (secondary N) is 1. The lowest BCUT2D eigenvalue weighted by Crippen LogP contribution is -2.25. The molecule has 0 bridgehead atoms. The Morgan fingerprint density at radius 1 is 1.22 bits per heavy atom. The van der Waals surface area contributed by atoms with Gasteiger partial charge in [-0.3, -0.25) is 14.9 Å². The van der Waals surface area contributed by atoms with Gasteiger partial charge in [-0.15, -0.1) is 5.10 Å². The molecule has 1 amide bonds. The lowest BCUT2D eigenvalue weighted by Gasteiger charge is -2.04. The summed E-state index contributed by atoms with van der Waals surface area (Å²) < 4.78 is 31.9.